The molecule has 4 heteroatoms. The van der Waals surface area contributed by atoms with Crippen LogP contribution in [0.2, 0.25) is 0 Å². The molecule has 0 unspecified atom stereocenters. The van der Waals surface area contributed by atoms with Crippen molar-refractivity contribution in [2.24, 2.45) is 5.41 Å². The molecule has 0 spiro atoms. The Morgan fingerprint density at radius 3 is 2.53 bits per heavy atom. The minimum atomic E-state index is 0.0908. The molecule has 2 fully saturated rings. The van der Waals surface area contributed by atoms with Crippen molar-refractivity contribution in [2.75, 3.05) is 32.8 Å². The third-order valence-electron chi connectivity index (χ3n) is 4.33. The fraction of sp³-hybridized carbons (Fsp3) is 0.923. The van der Waals surface area contributed by atoms with Gasteiger partial charge in [0.25, 0.3) is 0 Å². The van der Waals surface area contributed by atoms with Gasteiger partial charge in [0, 0.05) is 19.6 Å². The molecule has 17 heavy (non-hydrogen) atoms. The van der Waals surface area contributed by atoms with Gasteiger partial charge in [0.2, 0.25) is 0 Å². The van der Waals surface area contributed by atoms with E-state index in [2.05, 4.69) is 12.2 Å². The van der Waals surface area contributed by atoms with Crippen LogP contribution in [0.5, 0.6) is 0 Å². The van der Waals surface area contributed by atoms with Crippen LogP contribution in [0.15, 0.2) is 0 Å². The number of ether oxygens (including phenoxy) is 1. The van der Waals surface area contributed by atoms with Gasteiger partial charge in [-0.05, 0) is 24.7 Å². The highest BCUT2D eigenvalue weighted by Gasteiger charge is 2.32. The first-order valence-corrected chi connectivity index (χ1v) is 6.86. The average Bonchev–Trinajstić information content (AvgIpc) is 2.86. The summed E-state index contributed by atoms with van der Waals surface area (Å²) < 4.78 is 5.25. The van der Waals surface area contributed by atoms with E-state index < -0.39 is 0 Å². The zero-order valence-electron chi connectivity index (χ0n) is 10.8. The second kappa shape index (κ2) is 5.71. The van der Waals surface area contributed by atoms with Gasteiger partial charge in [-0.2, -0.15) is 0 Å². The summed E-state index contributed by atoms with van der Waals surface area (Å²) in [4.78, 5) is 13.8. The lowest BCUT2D eigenvalue weighted by molar-refractivity contribution is 0.0523. The molecule has 4 nitrogen and oxygen atoms in total. The van der Waals surface area contributed by atoms with Crippen LogP contribution in [-0.4, -0.2) is 43.8 Å². The molecule has 98 valence electrons. The van der Waals surface area contributed by atoms with E-state index in [1.165, 1.54) is 32.1 Å². The molecule has 1 saturated carbocycles. The largest absolute Gasteiger partial charge is 0.378 e. The number of carbonyl (C=O) groups is 1. The fourth-order valence-corrected chi connectivity index (χ4v) is 2.92. The smallest absolute Gasteiger partial charge is 0.317 e. The molecule has 0 aromatic rings. The van der Waals surface area contributed by atoms with Gasteiger partial charge in [-0.3, -0.25) is 0 Å². The van der Waals surface area contributed by atoms with Crippen molar-refractivity contribution in [2.45, 2.75) is 39.0 Å². The quantitative estimate of drug-likeness (QED) is 0.819. The number of morpholine rings is 1. The number of rotatable bonds is 3. The number of hydrogen-bond acceptors (Lipinski definition) is 2. The molecule has 0 aromatic heterocycles. The zero-order valence-corrected chi connectivity index (χ0v) is 10.8. The maximum absolute atomic E-state index is 12.0. The van der Waals surface area contributed by atoms with Gasteiger partial charge in [0.05, 0.1) is 13.2 Å². The maximum atomic E-state index is 12.0. The van der Waals surface area contributed by atoms with E-state index in [9.17, 15) is 4.79 Å². The Morgan fingerprint density at radius 2 is 1.94 bits per heavy atom. The zero-order chi connectivity index (χ0) is 12.1. The predicted molar refractivity (Wildman–Crippen MR) is 67.0 cm³/mol. The van der Waals surface area contributed by atoms with E-state index >= 15 is 0 Å². The normalized spacial score (nSPS) is 23.7. The van der Waals surface area contributed by atoms with E-state index in [1.807, 2.05) is 4.90 Å². The standard InChI is InChI=1S/C13H24N2O2/c1-2-13(5-3-4-6-13)11-14-12(16)15-7-9-17-10-8-15/h2-11H2,1H3,(H,14,16). The van der Waals surface area contributed by atoms with Gasteiger partial charge in [-0.15, -0.1) is 0 Å². The van der Waals surface area contributed by atoms with Gasteiger partial charge in [0.15, 0.2) is 0 Å². The van der Waals surface area contributed by atoms with Crippen LogP contribution in [0.4, 0.5) is 4.79 Å². The lowest BCUT2D eigenvalue weighted by atomic mass is 9.83. The Labute approximate surface area is 104 Å². The minimum Gasteiger partial charge on any atom is -0.378 e. The van der Waals surface area contributed by atoms with E-state index in [0.29, 0.717) is 18.6 Å². The summed E-state index contributed by atoms with van der Waals surface area (Å²) in [5.41, 5.74) is 0.377. The second-order valence-corrected chi connectivity index (χ2v) is 5.32. The van der Waals surface area contributed by atoms with Gasteiger partial charge in [-0.1, -0.05) is 19.8 Å². The van der Waals surface area contributed by atoms with Crippen LogP contribution in [0.25, 0.3) is 0 Å². The van der Waals surface area contributed by atoms with Gasteiger partial charge < -0.3 is 15.0 Å². The van der Waals surface area contributed by atoms with Crippen molar-refractivity contribution in [3.05, 3.63) is 0 Å². The van der Waals surface area contributed by atoms with Crippen molar-refractivity contribution in [1.29, 1.82) is 0 Å². The molecule has 0 radical (unpaired) electrons. The Bertz CT molecular complexity index is 256. The van der Waals surface area contributed by atoms with Gasteiger partial charge in [-0.25, -0.2) is 4.79 Å². The van der Waals surface area contributed by atoms with Crippen molar-refractivity contribution in [3.63, 3.8) is 0 Å². The molecule has 2 amide bonds. The molecule has 0 bridgehead atoms. The van der Waals surface area contributed by atoms with Crippen LogP contribution >= 0.6 is 0 Å². The van der Waals surface area contributed by atoms with Crippen molar-refractivity contribution in [3.8, 4) is 0 Å². The molecular formula is C13H24N2O2. The second-order valence-electron chi connectivity index (χ2n) is 5.32. The average molecular weight is 240 g/mol. The summed E-state index contributed by atoms with van der Waals surface area (Å²) in [6.07, 6.45) is 6.36. The summed E-state index contributed by atoms with van der Waals surface area (Å²) in [5.74, 6) is 0. The van der Waals surface area contributed by atoms with E-state index in [4.69, 9.17) is 4.74 Å². The third-order valence-corrected chi connectivity index (χ3v) is 4.33. The summed E-state index contributed by atoms with van der Waals surface area (Å²) in [6, 6.07) is 0.0908. The number of carbonyl (C=O) groups excluding carboxylic acids is 1. The van der Waals surface area contributed by atoms with E-state index in [0.717, 1.165) is 19.6 Å². The van der Waals surface area contributed by atoms with Crippen molar-refractivity contribution < 1.29 is 9.53 Å². The molecule has 2 aliphatic rings. The molecule has 1 aliphatic heterocycles. The Kier molecular flexibility index (Phi) is 4.26. The summed E-state index contributed by atoms with van der Waals surface area (Å²) in [5, 5.41) is 3.12. The molecule has 0 aromatic carbocycles. The van der Waals surface area contributed by atoms with Crippen LogP contribution in [0.1, 0.15) is 39.0 Å². The number of nitrogens with one attached hydrogen (secondary N) is 1. The van der Waals surface area contributed by atoms with Crippen LogP contribution < -0.4 is 5.32 Å². The highest BCUT2D eigenvalue weighted by molar-refractivity contribution is 5.74. The summed E-state index contributed by atoms with van der Waals surface area (Å²) in [7, 11) is 0. The lowest BCUT2D eigenvalue weighted by Gasteiger charge is -2.31. The van der Waals surface area contributed by atoms with E-state index in [1.54, 1.807) is 0 Å². The van der Waals surface area contributed by atoms with Gasteiger partial charge in [0.1, 0.15) is 0 Å². The Morgan fingerprint density at radius 1 is 1.29 bits per heavy atom. The highest BCUT2D eigenvalue weighted by atomic mass is 16.5. The molecule has 2 rings (SSSR count). The first-order chi connectivity index (χ1) is 8.26. The first kappa shape index (κ1) is 12.7. The van der Waals surface area contributed by atoms with Gasteiger partial charge >= 0.3 is 6.03 Å². The van der Waals surface area contributed by atoms with Crippen LogP contribution in [0, 0.1) is 5.41 Å². The highest BCUT2D eigenvalue weighted by Crippen LogP contribution is 2.40. The minimum absolute atomic E-state index is 0.0908. The molecule has 1 N–H and O–H groups in total. The number of amides is 2. The Balaban J connectivity index is 1.78. The fourth-order valence-electron chi connectivity index (χ4n) is 2.92. The number of hydrogen-bond donors (Lipinski definition) is 1. The third kappa shape index (κ3) is 3.12. The molecular weight excluding hydrogens is 216 g/mol. The summed E-state index contributed by atoms with van der Waals surface area (Å²) in [6.45, 7) is 5.89. The SMILES string of the molecule is CCC1(CNC(=O)N2CCOCC2)CCCC1. The van der Waals surface area contributed by atoms with Crippen LogP contribution in [0.3, 0.4) is 0 Å². The number of nitrogens with zero attached hydrogens (tertiary/aromatic N) is 1. The predicted octanol–water partition coefficient (Wildman–Crippen LogP) is 2.00. The molecule has 1 heterocycles. The molecule has 1 saturated heterocycles. The lowest BCUT2D eigenvalue weighted by Crippen LogP contribution is -2.48. The van der Waals surface area contributed by atoms with Crippen molar-refractivity contribution in [1.82, 2.24) is 10.2 Å². The van der Waals surface area contributed by atoms with Crippen molar-refractivity contribution >= 4 is 6.03 Å². The Hall–Kier alpha value is -0.770. The monoisotopic (exact) mass is 240 g/mol. The maximum Gasteiger partial charge on any atom is 0.317 e. The summed E-state index contributed by atoms with van der Waals surface area (Å²) >= 11 is 0. The first-order valence-electron chi connectivity index (χ1n) is 6.86. The topological polar surface area (TPSA) is 41.6 Å². The molecule has 0 atom stereocenters. The van der Waals surface area contributed by atoms with E-state index in [-0.39, 0.29) is 6.03 Å². The van der Waals surface area contributed by atoms with Crippen LogP contribution in [-0.2, 0) is 4.74 Å². The number of urea groups is 1. The molecule has 1 aliphatic carbocycles.